The molecular formula is C18H16ClN3O3S. The van der Waals surface area contributed by atoms with Gasteiger partial charge in [0.05, 0.1) is 23.8 Å². The van der Waals surface area contributed by atoms with Gasteiger partial charge in [-0.15, -0.1) is 0 Å². The largest absolute Gasteiger partial charge is 0.441 e. The maximum Gasteiger partial charge on any atom is 0.264 e. The number of morpholine rings is 1. The second-order valence-corrected chi connectivity index (χ2v) is 7.20. The van der Waals surface area contributed by atoms with Gasteiger partial charge in [0.2, 0.25) is 0 Å². The van der Waals surface area contributed by atoms with E-state index in [1.807, 2.05) is 24.3 Å². The Morgan fingerprint density at radius 3 is 2.88 bits per heavy atom. The van der Waals surface area contributed by atoms with Crippen LogP contribution >= 0.6 is 23.4 Å². The molecule has 0 radical (unpaired) electrons. The molecule has 0 aliphatic carbocycles. The van der Waals surface area contributed by atoms with Crippen LogP contribution in [0.5, 0.6) is 0 Å². The first-order valence-electron chi connectivity index (χ1n) is 8.15. The number of nitrogens with zero attached hydrogens (tertiary/aromatic N) is 2. The van der Waals surface area contributed by atoms with Crippen LogP contribution in [-0.4, -0.2) is 37.4 Å². The van der Waals surface area contributed by atoms with Gasteiger partial charge in [-0.2, -0.15) is 0 Å². The summed E-state index contributed by atoms with van der Waals surface area (Å²) in [7, 11) is 0. The van der Waals surface area contributed by atoms with Crippen molar-refractivity contribution in [2.75, 3.05) is 31.2 Å². The van der Waals surface area contributed by atoms with Gasteiger partial charge in [0.15, 0.2) is 11.1 Å². The number of aliphatic imine (C=N–C) groups is 1. The van der Waals surface area contributed by atoms with Crippen molar-refractivity contribution in [3.8, 4) is 0 Å². The summed E-state index contributed by atoms with van der Waals surface area (Å²) in [4.78, 5) is 19.2. The zero-order valence-corrected chi connectivity index (χ0v) is 15.3. The van der Waals surface area contributed by atoms with E-state index in [0.29, 0.717) is 39.8 Å². The van der Waals surface area contributed by atoms with Gasteiger partial charge in [-0.3, -0.25) is 4.79 Å². The molecule has 2 fully saturated rings. The molecular weight excluding hydrogens is 374 g/mol. The van der Waals surface area contributed by atoms with Crippen LogP contribution in [0.3, 0.4) is 0 Å². The Kier molecular flexibility index (Phi) is 5.01. The number of rotatable bonds is 3. The molecule has 0 bridgehead atoms. The maximum absolute atomic E-state index is 12.2. The third-order valence-corrected chi connectivity index (χ3v) is 5.04. The van der Waals surface area contributed by atoms with Gasteiger partial charge >= 0.3 is 0 Å². The number of benzene rings is 1. The molecule has 3 heterocycles. The van der Waals surface area contributed by atoms with E-state index in [4.69, 9.17) is 20.8 Å². The third kappa shape index (κ3) is 3.95. The highest BCUT2D eigenvalue weighted by Gasteiger charge is 2.24. The number of anilines is 1. The van der Waals surface area contributed by atoms with Gasteiger partial charge in [-0.05, 0) is 36.0 Å². The number of hydrogen-bond donors (Lipinski definition) is 1. The van der Waals surface area contributed by atoms with Crippen molar-refractivity contribution >= 4 is 52.1 Å². The Labute approximate surface area is 159 Å². The summed E-state index contributed by atoms with van der Waals surface area (Å²) < 4.78 is 11.2. The Morgan fingerprint density at radius 1 is 1.23 bits per heavy atom. The molecule has 2 aromatic rings. The number of amides is 1. The van der Waals surface area contributed by atoms with E-state index >= 15 is 0 Å². The lowest BCUT2D eigenvalue weighted by molar-refractivity contribution is -0.115. The van der Waals surface area contributed by atoms with Crippen LogP contribution in [0.1, 0.15) is 5.76 Å². The molecule has 2 saturated heterocycles. The van der Waals surface area contributed by atoms with Crippen LogP contribution in [0, 0.1) is 0 Å². The van der Waals surface area contributed by atoms with Crippen molar-refractivity contribution in [1.29, 1.82) is 0 Å². The van der Waals surface area contributed by atoms with Gasteiger partial charge in [0.1, 0.15) is 5.76 Å². The summed E-state index contributed by atoms with van der Waals surface area (Å²) in [6.45, 7) is 2.99. The molecule has 8 heteroatoms. The number of halogens is 1. The fourth-order valence-electron chi connectivity index (χ4n) is 2.65. The summed E-state index contributed by atoms with van der Waals surface area (Å²) in [5.41, 5.74) is 0.689. The summed E-state index contributed by atoms with van der Waals surface area (Å²) in [6.07, 6.45) is 1.73. The minimum atomic E-state index is -0.194. The smallest absolute Gasteiger partial charge is 0.264 e. The van der Waals surface area contributed by atoms with Gasteiger partial charge in [0, 0.05) is 30.3 Å². The van der Waals surface area contributed by atoms with E-state index < -0.39 is 0 Å². The van der Waals surface area contributed by atoms with Crippen LogP contribution in [-0.2, 0) is 9.53 Å². The van der Waals surface area contributed by atoms with Crippen molar-refractivity contribution in [1.82, 2.24) is 5.32 Å². The lowest BCUT2D eigenvalue weighted by atomic mass is 10.3. The lowest BCUT2D eigenvalue weighted by Crippen LogP contribution is -2.35. The fraction of sp³-hybridized carbons (Fsp3) is 0.222. The second kappa shape index (κ2) is 7.57. The van der Waals surface area contributed by atoms with Gasteiger partial charge in [0.25, 0.3) is 5.91 Å². The molecule has 0 unspecified atom stereocenters. The number of amidine groups is 1. The zero-order chi connectivity index (χ0) is 17.9. The fourth-order valence-corrected chi connectivity index (χ4v) is 3.65. The molecule has 1 aromatic carbocycles. The summed E-state index contributed by atoms with van der Waals surface area (Å²) in [5.74, 6) is 1.23. The number of thioether (sulfide) groups is 1. The van der Waals surface area contributed by atoms with Crippen LogP contribution in [0.25, 0.3) is 6.08 Å². The Hall–Kier alpha value is -2.22. The lowest BCUT2D eigenvalue weighted by Gasteiger charge is -2.26. The maximum atomic E-state index is 12.2. The number of hydrogen-bond acceptors (Lipinski definition) is 6. The molecule has 26 heavy (non-hydrogen) atoms. The Morgan fingerprint density at radius 2 is 2.08 bits per heavy atom. The number of ether oxygens (including phenoxy) is 1. The van der Waals surface area contributed by atoms with Crippen LogP contribution < -0.4 is 10.2 Å². The number of carbonyl (C=O) groups excluding carboxylic acids is 1. The first kappa shape index (κ1) is 17.2. The minimum absolute atomic E-state index is 0.194. The molecule has 0 saturated carbocycles. The van der Waals surface area contributed by atoms with E-state index in [0.717, 1.165) is 19.0 Å². The molecule has 4 rings (SSSR count). The summed E-state index contributed by atoms with van der Waals surface area (Å²) in [5, 5.41) is 3.87. The topological polar surface area (TPSA) is 67.1 Å². The average Bonchev–Trinajstić information content (AvgIpc) is 3.23. The van der Waals surface area contributed by atoms with E-state index in [-0.39, 0.29) is 5.91 Å². The van der Waals surface area contributed by atoms with Crippen LogP contribution in [0.2, 0.25) is 5.02 Å². The highest BCUT2D eigenvalue weighted by atomic mass is 35.5. The summed E-state index contributed by atoms with van der Waals surface area (Å²) in [6, 6.07) is 10.9. The Bertz CT molecular complexity index is 887. The monoisotopic (exact) mass is 389 g/mol. The van der Waals surface area contributed by atoms with Gasteiger partial charge < -0.3 is 19.4 Å². The predicted octanol–water partition coefficient (Wildman–Crippen LogP) is 3.66. The van der Waals surface area contributed by atoms with E-state index in [1.165, 1.54) is 11.8 Å². The SMILES string of the molecule is O=C1NC(=Nc2cccc(Cl)c2)S/C1=C\c1ccc(N2CCOCC2)o1. The quantitative estimate of drug-likeness (QED) is 0.811. The molecule has 6 nitrogen and oxygen atoms in total. The van der Waals surface area contributed by atoms with E-state index in [9.17, 15) is 4.79 Å². The van der Waals surface area contributed by atoms with Crippen molar-refractivity contribution in [2.45, 2.75) is 0 Å². The minimum Gasteiger partial charge on any atom is -0.441 e. The normalized spacial score (nSPS) is 20.8. The Balaban J connectivity index is 1.49. The molecule has 1 N–H and O–H groups in total. The van der Waals surface area contributed by atoms with Crippen molar-refractivity contribution < 1.29 is 13.9 Å². The predicted molar refractivity (Wildman–Crippen MR) is 104 cm³/mol. The van der Waals surface area contributed by atoms with Crippen molar-refractivity contribution in [3.63, 3.8) is 0 Å². The highest BCUT2D eigenvalue weighted by Crippen LogP contribution is 2.30. The first-order chi connectivity index (χ1) is 12.7. The number of carbonyl (C=O) groups is 1. The first-order valence-corrected chi connectivity index (χ1v) is 9.34. The molecule has 1 aromatic heterocycles. The summed E-state index contributed by atoms with van der Waals surface area (Å²) >= 11 is 7.24. The van der Waals surface area contributed by atoms with Crippen LogP contribution in [0.4, 0.5) is 11.6 Å². The number of furan rings is 1. The van der Waals surface area contributed by atoms with Gasteiger partial charge in [-0.25, -0.2) is 4.99 Å². The molecule has 2 aliphatic heterocycles. The molecule has 0 atom stereocenters. The van der Waals surface area contributed by atoms with Crippen molar-refractivity contribution in [3.05, 3.63) is 52.1 Å². The average molecular weight is 390 g/mol. The number of nitrogens with one attached hydrogen (secondary N) is 1. The highest BCUT2D eigenvalue weighted by molar-refractivity contribution is 8.18. The van der Waals surface area contributed by atoms with E-state index in [1.54, 1.807) is 18.2 Å². The molecule has 134 valence electrons. The van der Waals surface area contributed by atoms with Crippen LogP contribution in [0.15, 0.2) is 50.7 Å². The zero-order valence-electron chi connectivity index (χ0n) is 13.8. The third-order valence-electron chi connectivity index (χ3n) is 3.90. The van der Waals surface area contributed by atoms with Crippen molar-refractivity contribution in [2.24, 2.45) is 4.99 Å². The van der Waals surface area contributed by atoms with E-state index in [2.05, 4.69) is 15.2 Å². The van der Waals surface area contributed by atoms with Gasteiger partial charge in [-0.1, -0.05) is 17.7 Å². The second-order valence-electron chi connectivity index (χ2n) is 5.74. The molecule has 2 aliphatic rings. The standard InChI is InChI=1S/C18H16ClN3O3S/c19-12-2-1-3-13(10-12)20-18-21-17(23)15(26-18)11-14-4-5-16(25-14)22-6-8-24-9-7-22/h1-5,10-11H,6-9H2,(H,20,21,23)/b15-11-. The molecule has 1 amide bonds. The molecule has 0 spiro atoms.